The Hall–Kier alpha value is -4.87. The number of amides is 1. The third-order valence-corrected chi connectivity index (χ3v) is 8.15. The zero-order valence-corrected chi connectivity index (χ0v) is 26.0. The summed E-state index contributed by atoms with van der Waals surface area (Å²) in [6.45, 7) is 7.07. The molecule has 0 aliphatic carbocycles. The molecule has 1 unspecified atom stereocenters. The van der Waals surface area contributed by atoms with Gasteiger partial charge < -0.3 is 14.3 Å². The molecule has 14 nitrogen and oxygen atoms in total. The largest absolute Gasteiger partial charge is 0.444 e. The Bertz CT molecular complexity index is 1800. The van der Waals surface area contributed by atoms with Crippen molar-refractivity contribution in [2.45, 2.75) is 51.3 Å². The van der Waals surface area contributed by atoms with Gasteiger partial charge >= 0.3 is 18.2 Å². The number of rotatable bonds is 9. The van der Waals surface area contributed by atoms with E-state index in [4.69, 9.17) is 18.9 Å². The second kappa shape index (κ2) is 12.1. The van der Waals surface area contributed by atoms with Crippen LogP contribution >= 0.6 is 0 Å². The van der Waals surface area contributed by atoms with Crippen LogP contribution in [0.5, 0.6) is 0 Å². The average Bonchev–Trinajstić information content (AvgIpc) is 3.35. The number of alkyl halides is 3. The van der Waals surface area contributed by atoms with Crippen molar-refractivity contribution in [3.05, 3.63) is 65.9 Å². The molecule has 0 bridgehead atoms. The average molecular weight is 669 g/mol. The van der Waals surface area contributed by atoms with Gasteiger partial charge in [-0.05, 0) is 58.0 Å². The van der Waals surface area contributed by atoms with E-state index < -0.39 is 45.5 Å². The van der Waals surface area contributed by atoms with Crippen molar-refractivity contribution >= 4 is 22.1 Å². The van der Waals surface area contributed by atoms with Gasteiger partial charge in [0.1, 0.15) is 11.1 Å². The van der Waals surface area contributed by atoms with Gasteiger partial charge in [-0.1, -0.05) is 29.8 Å². The van der Waals surface area contributed by atoms with Gasteiger partial charge in [-0.15, -0.1) is 0 Å². The number of carbonyl (C=O) groups is 2. The molecule has 3 heterocycles. The predicted molar refractivity (Wildman–Crippen MR) is 154 cm³/mol. The summed E-state index contributed by atoms with van der Waals surface area (Å²) in [4.78, 5) is 30.3. The standard InChI is InChI=1S/C28H31F3N6O8S/c1-18-5-7-19(8-6-18)23-15-24(28(29,30)31)32-35(23)20-9-11-22(12-10-20)46(40,41)33-26(39)44-21-13-14-34(16-21)36-37(45-36)43-17-42-25(38)27(2,3)4/h5-12,15,21H,13-14,16-17H2,1-4H3,(H,33,39). The maximum absolute atomic E-state index is 13.5. The number of aromatic nitrogens is 4. The van der Waals surface area contributed by atoms with E-state index in [2.05, 4.69) is 5.10 Å². The molecule has 1 aliphatic heterocycles. The molecule has 1 aliphatic rings. The predicted octanol–water partition coefficient (Wildman–Crippen LogP) is 3.86. The van der Waals surface area contributed by atoms with E-state index in [0.717, 1.165) is 33.5 Å². The van der Waals surface area contributed by atoms with Gasteiger partial charge in [0, 0.05) is 23.5 Å². The fourth-order valence-corrected chi connectivity index (χ4v) is 5.21. The van der Waals surface area contributed by atoms with Gasteiger partial charge in [0.15, 0.2) is 5.69 Å². The van der Waals surface area contributed by atoms with Crippen LogP contribution in [0.25, 0.3) is 16.9 Å². The van der Waals surface area contributed by atoms with Crippen molar-refractivity contribution < 1.29 is 50.1 Å². The number of hydrogen-bond acceptors (Lipinski definition) is 10. The molecule has 1 fully saturated rings. The van der Waals surface area contributed by atoms with E-state index in [1.807, 2.05) is 11.6 Å². The fraction of sp³-hybridized carbons (Fsp3) is 0.393. The van der Waals surface area contributed by atoms with E-state index >= 15 is 0 Å². The molecule has 0 spiro atoms. The van der Waals surface area contributed by atoms with Gasteiger partial charge in [0.2, 0.25) is 0 Å². The Balaban J connectivity index is 1.18. The highest BCUT2D eigenvalue weighted by atomic mass is 32.2. The zero-order chi connectivity index (χ0) is 33.4. The Kier molecular flexibility index (Phi) is 8.59. The van der Waals surface area contributed by atoms with Crippen LogP contribution in [-0.4, -0.2) is 66.2 Å². The topological polar surface area (TPSA) is 152 Å². The third kappa shape index (κ3) is 7.49. The summed E-state index contributed by atoms with van der Waals surface area (Å²) in [5.41, 5.74) is -0.0898. The number of benzene rings is 2. The van der Waals surface area contributed by atoms with Crippen LogP contribution in [-0.2, 0) is 30.5 Å². The normalized spacial score (nSPS) is 15.6. The van der Waals surface area contributed by atoms with E-state index in [0.29, 0.717) is 18.5 Å². The maximum atomic E-state index is 13.5. The first-order valence-electron chi connectivity index (χ1n) is 13.9. The minimum Gasteiger partial charge on any atom is -0.444 e. The molecule has 0 radical (unpaired) electrons. The second-order valence-electron chi connectivity index (χ2n) is 11.5. The molecular weight excluding hydrogens is 637 g/mol. The van der Waals surface area contributed by atoms with Gasteiger partial charge in [-0.2, -0.15) is 22.9 Å². The molecule has 5 rings (SSSR count). The summed E-state index contributed by atoms with van der Waals surface area (Å²) in [7, 11) is -4.39. The molecule has 1 amide bonds. The van der Waals surface area contributed by atoms with E-state index in [9.17, 15) is 31.2 Å². The Morgan fingerprint density at radius 3 is 2.37 bits per heavy atom. The Morgan fingerprint density at radius 1 is 1.07 bits per heavy atom. The number of aryl methyl sites for hydroxylation is 1. The van der Waals surface area contributed by atoms with Crippen molar-refractivity contribution in [2.24, 2.45) is 5.41 Å². The Labute approximate surface area is 261 Å². The van der Waals surface area contributed by atoms with Gasteiger partial charge in [-0.25, -0.2) is 22.6 Å². The summed E-state index contributed by atoms with van der Waals surface area (Å²) in [5, 5.41) is 6.29. The number of nitrogens with zero attached hydrogens (tertiary/aromatic N) is 5. The van der Waals surface area contributed by atoms with Crippen LogP contribution in [0.1, 0.15) is 38.4 Å². The molecular formula is C28H31F3N6O8S. The van der Waals surface area contributed by atoms with Crippen LogP contribution in [0.4, 0.5) is 18.0 Å². The molecule has 2 aromatic carbocycles. The summed E-state index contributed by atoms with van der Waals surface area (Å²) < 4.78 is 84.5. The highest BCUT2D eigenvalue weighted by Crippen LogP contribution is 2.33. The van der Waals surface area contributed by atoms with Crippen molar-refractivity contribution in [1.82, 2.24) is 24.5 Å². The first-order valence-corrected chi connectivity index (χ1v) is 15.4. The Morgan fingerprint density at radius 2 is 1.74 bits per heavy atom. The number of ether oxygens (including phenoxy) is 2. The first-order chi connectivity index (χ1) is 21.5. The van der Waals surface area contributed by atoms with E-state index in [-0.39, 0.29) is 29.6 Å². The molecule has 46 heavy (non-hydrogen) atoms. The highest BCUT2D eigenvalue weighted by Gasteiger charge is 2.36. The van der Waals surface area contributed by atoms with Crippen LogP contribution < -0.4 is 14.6 Å². The van der Waals surface area contributed by atoms with E-state index in [1.165, 1.54) is 17.1 Å². The van der Waals surface area contributed by atoms with Crippen LogP contribution in [0.2, 0.25) is 0 Å². The molecule has 4 aromatic rings. The van der Waals surface area contributed by atoms with Gasteiger partial charge in [-0.3, -0.25) is 9.80 Å². The molecule has 18 heteroatoms. The summed E-state index contributed by atoms with van der Waals surface area (Å²) in [6.07, 6.45) is -6.26. The lowest BCUT2D eigenvalue weighted by Gasteiger charge is -2.15. The maximum Gasteiger partial charge on any atom is 0.435 e. The lowest BCUT2D eigenvalue weighted by Crippen LogP contribution is -2.36. The number of nitrogens with one attached hydrogen (secondary N) is 1. The van der Waals surface area contributed by atoms with Crippen molar-refractivity contribution in [1.29, 1.82) is 0 Å². The quantitative estimate of drug-likeness (QED) is 0.206. The molecule has 248 valence electrons. The SMILES string of the molecule is Cc1ccc(-c2cc(C(F)(F)F)nn2-c2ccc(S(=O)(=O)NC(=O)OC3CCN(n4on4OCOC(=O)C(C)(C)C)C3)cc2)cc1. The van der Waals surface area contributed by atoms with E-state index in [1.54, 1.807) is 50.0 Å². The van der Waals surface area contributed by atoms with Crippen molar-refractivity contribution in [3.63, 3.8) is 0 Å². The third-order valence-electron chi connectivity index (χ3n) is 6.82. The van der Waals surface area contributed by atoms with Gasteiger partial charge in [0.25, 0.3) is 16.8 Å². The highest BCUT2D eigenvalue weighted by molar-refractivity contribution is 7.90. The second-order valence-corrected chi connectivity index (χ2v) is 13.2. The minimum absolute atomic E-state index is 0.150. The fourth-order valence-electron chi connectivity index (χ4n) is 4.33. The molecule has 0 saturated carbocycles. The number of esters is 1. The van der Waals surface area contributed by atoms with Crippen LogP contribution in [0, 0.1) is 12.3 Å². The van der Waals surface area contributed by atoms with Crippen LogP contribution in [0.3, 0.4) is 0 Å². The molecule has 2 aromatic heterocycles. The first kappa shape index (κ1) is 32.5. The van der Waals surface area contributed by atoms with Crippen molar-refractivity contribution in [2.75, 3.05) is 24.9 Å². The minimum atomic E-state index is -4.70. The number of hydrogen-bond donors (Lipinski definition) is 1. The number of sulfonamides is 1. The lowest BCUT2D eigenvalue weighted by atomic mass is 9.98. The van der Waals surface area contributed by atoms with Crippen LogP contribution in [0.15, 0.2) is 64.1 Å². The molecule has 1 N–H and O–H groups in total. The van der Waals surface area contributed by atoms with Crippen molar-refractivity contribution in [3.8, 4) is 16.9 Å². The smallest absolute Gasteiger partial charge is 0.435 e. The monoisotopic (exact) mass is 668 g/mol. The zero-order valence-electron chi connectivity index (χ0n) is 25.1. The summed E-state index contributed by atoms with van der Waals surface area (Å²) in [6, 6.07) is 12.6. The lowest BCUT2D eigenvalue weighted by molar-refractivity contribution is -0.168. The summed E-state index contributed by atoms with van der Waals surface area (Å²) in [5.74, 6) is -0.461. The number of carbonyl (C=O) groups excluding carboxylic acids is 2. The molecule has 1 saturated heterocycles. The number of halogens is 3. The molecule has 1 atom stereocenters. The summed E-state index contributed by atoms with van der Waals surface area (Å²) >= 11 is 0. The van der Waals surface area contributed by atoms with Gasteiger partial charge in [0.05, 0.1) is 28.2 Å².